The number of amides is 3. The number of ether oxygens (including phenoxy) is 2. The molecular weight excluding hydrogens is 310 g/mol. The molecule has 1 saturated heterocycles. The number of urea groups is 1. The van der Waals surface area contributed by atoms with Crippen molar-refractivity contribution in [1.29, 1.82) is 0 Å². The van der Waals surface area contributed by atoms with Crippen LogP contribution in [0.15, 0.2) is 18.2 Å². The molecule has 3 amide bonds. The topological polar surface area (TPSA) is 79.9 Å². The van der Waals surface area contributed by atoms with Crippen LogP contribution < -0.4 is 20.1 Å². The number of benzene rings is 1. The fourth-order valence-electron chi connectivity index (χ4n) is 2.67. The quantitative estimate of drug-likeness (QED) is 0.855. The summed E-state index contributed by atoms with van der Waals surface area (Å²) in [4.78, 5) is 25.8. The van der Waals surface area contributed by atoms with E-state index in [0.717, 1.165) is 18.4 Å². The highest BCUT2D eigenvalue weighted by atomic mass is 16.5. The first kappa shape index (κ1) is 17.9. The Bertz CT molecular complexity index is 591. The third kappa shape index (κ3) is 4.53. The molecule has 0 spiro atoms. The summed E-state index contributed by atoms with van der Waals surface area (Å²) < 4.78 is 10.5. The highest BCUT2D eigenvalue weighted by molar-refractivity contribution is 5.87. The van der Waals surface area contributed by atoms with Gasteiger partial charge in [0, 0.05) is 19.2 Å². The summed E-state index contributed by atoms with van der Waals surface area (Å²) in [6.07, 6.45) is 2.51. The van der Waals surface area contributed by atoms with Gasteiger partial charge in [-0.3, -0.25) is 4.79 Å². The molecule has 1 unspecified atom stereocenters. The SMILES string of the molecule is COc1ccc(OC)c(CN(C)C(=O)NC2CCCCNC2=O)c1. The molecule has 1 atom stereocenters. The largest absolute Gasteiger partial charge is 0.497 e. The molecule has 1 aliphatic rings. The molecule has 24 heavy (non-hydrogen) atoms. The molecule has 1 aliphatic heterocycles. The minimum absolute atomic E-state index is 0.117. The van der Waals surface area contributed by atoms with Crippen molar-refractivity contribution in [3.05, 3.63) is 23.8 Å². The molecule has 2 rings (SSSR count). The van der Waals surface area contributed by atoms with Gasteiger partial charge in [-0.05, 0) is 37.5 Å². The molecule has 0 bridgehead atoms. The number of hydrogen-bond acceptors (Lipinski definition) is 4. The summed E-state index contributed by atoms with van der Waals surface area (Å²) in [5.74, 6) is 1.26. The van der Waals surface area contributed by atoms with E-state index in [4.69, 9.17) is 9.47 Å². The first-order valence-electron chi connectivity index (χ1n) is 8.05. The Morgan fingerprint density at radius 2 is 2.12 bits per heavy atom. The third-order valence-corrected chi connectivity index (χ3v) is 4.07. The van der Waals surface area contributed by atoms with Crippen LogP contribution in [0.2, 0.25) is 0 Å². The molecule has 7 heteroatoms. The van der Waals surface area contributed by atoms with E-state index in [-0.39, 0.29) is 11.9 Å². The van der Waals surface area contributed by atoms with Crippen LogP contribution in [-0.2, 0) is 11.3 Å². The van der Waals surface area contributed by atoms with Crippen LogP contribution in [0.4, 0.5) is 4.79 Å². The molecule has 1 aromatic carbocycles. The fourth-order valence-corrected chi connectivity index (χ4v) is 2.67. The van der Waals surface area contributed by atoms with Crippen LogP contribution in [0.5, 0.6) is 11.5 Å². The number of nitrogens with one attached hydrogen (secondary N) is 2. The van der Waals surface area contributed by atoms with Crippen LogP contribution in [0.25, 0.3) is 0 Å². The smallest absolute Gasteiger partial charge is 0.318 e. The fraction of sp³-hybridized carbons (Fsp3) is 0.529. The molecule has 132 valence electrons. The number of rotatable bonds is 5. The van der Waals surface area contributed by atoms with Gasteiger partial charge in [-0.1, -0.05) is 0 Å². The Balaban J connectivity index is 2.02. The van der Waals surface area contributed by atoms with Crippen LogP contribution in [0, 0.1) is 0 Å². The van der Waals surface area contributed by atoms with Crippen LogP contribution in [0.1, 0.15) is 24.8 Å². The van der Waals surface area contributed by atoms with E-state index in [1.54, 1.807) is 33.4 Å². The molecule has 0 radical (unpaired) electrons. The van der Waals surface area contributed by atoms with Gasteiger partial charge in [0.05, 0.1) is 20.8 Å². The van der Waals surface area contributed by atoms with Gasteiger partial charge in [0.15, 0.2) is 0 Å². The lowest BCUT2D eigenvalue weighted by molar-refractivity contribution is -0.122. The molecule has 0 aliphatic carbocycles. The highest BCUT2D eigenvalue weighted by Crippen LogP contribution is 2.25. The molecule has 0 saturated carbocycles. The normalized spacial score (nSPS) is 17.5. The standard InChI is InChI=1S/C17H25N3O4/c1-20(11-12-10-13(23-2)7-8-15(12)24-3)17(22)19-14-6-4-5-9-18-16(14)21/h7-8,10,14H,4-6,9,11H2,1-3H3,(H,18,21)(H,19,22). The third-order valence-electron chi connectivity index (χ3n) is 4.07. The lowest BCUT2D eigenvalue weighted by atomic mass is 10.1. The van der Waals surface area contributed by atoms with E-state index in [0.29, 0.717) is 31.0 Å². The van der Waals surface area contributed by atoms with Gasteiger partial charge in [-0.15, -0.1) is 0 Å². The Morgan fingerprint density at radius 3 is 2.83 bits per heavy atom. The van der Waals surface area contributed by atoms with Crippen LogP contribution in [-0.4, -0.2) is 50.7 Å². The van der Waals surface area contributed by atoms with Crippen molar-refractivity contribution in [1.82, 2.24) is 15.5 Å². The van der Waals surface area contributed by atoms with Crippen molar-refractivity contribution in [3.8, 4) is 11.5 Å². The van der Waals surface area contributed by atoms with Crippen molar-refractivity contribution in [3.63, 3.8) is 0 Å². The first-order valence-corrected chi connectivity index (χ1v) is 8.05. The molecule has 2 N–H and O–H groups in total. The van der Waals surface area contributed by atoms with Crippen LogP contribution >= 0.6 is 0 Å². The predicted octanol–water partition coefficient (Wildman–Crippen LogP) is 1.51. The highest BCUT2D eigenvalue weighted by Gasteiger charge is 2.24. The summed E-state index contributed by atoms with van der Waals surface area (Å²) in [6.45, 7) is 1.02. The van der Waals surface area contributed by atoms with Gasteiger partial charge in [0.2, 0.25) is 5.91 Å². The lowest BCUT2D eigenvalue weighted by Gasteiger charge is -2.23. The van der Waals surface area contributed by atoms with E-state index < -0.39 is 6.04 Å². The Labute approximate surface area is 142 Å². The molecule has 1 aromatic rings. The number of methoxy groups -OCH3 is 2. The first-order chi connectivity index (χ1) is 11.5. The minimum Gasteiger partial charge on any atom is -0.497 e. The number of hydrogen-bond donors (Lipinski definition) is 2. The zero-order chi connectivity index (χ0) is 17.5. The molecule has 1 fully saturated rings. The second-order valence-corrected chi connectivity index (χ2v) is 5.82. The van der Waals surface area contributed by atoms with E-state index >= 15 is 0 Å². The van der Waals surface area contributed by atoms with Crippen molar-refractivity contribution in [2.24, 2.45) is 0 Å². The Kier molecular flexibility index (Phi) is 6.28. The minimum atomic E-state index is -0.477. The maximum atomic E-state index is 12.4. The van der Waals surface area contributed by atoms with Gasteiger partial charge in [0.25, 0.3) is 0 Å². The van der Waals surface area contributed by atoms with Gasteiger partial charge in [-0.2, -0.15) is 0 Å². The van der Waals surface area contributed by atoms with Gasteiger partial charge in [0.1, 0.15) is 17.5 Å². The van der Waals surface area contributed by atoms with Gasteiger partial charge in [-0.25, -0.2) is 4.79 Å². The summed E-state index contributed by atoms with van der Waals surface area (Å²) >= 11 is 0. The second kappa shape index (κ2) is 8.42. The summed E-state index contributed by atoms with van der Waals surface area (Å²) in [7, 11) is 4.86. The predicted molar refractivity (Wildman–Crippen MR) is 90.2 cm³/mol. The molecule has 1 heterocycles. The van der Waals surface area contributed by atoms with E-state index in [1.807, 2.05) is 6.07 Å². The van der Waals surface area contributed by atoms with Crippen molar-refractivity contribution >= 4 is 11.9 Å². The molecule has 7 nitrogen and oxygen atoms in total. The van der Waals surface area contributed by atoms with E-state index in [9.17, 15) is 9.59 Å². The van der Waals surface area contributed by atoms with E-state index in [1.165, 1.54) is 4.90 Å². The van der Waals surface area contributed by atoms with E-state index in [2.05, 4.69) is 10.6 Å². The maximum absolute atomic E-state index is 12.4. The summed E-state index contributed by atoms with van der Waals surface area (Å²) in [5.41, 5.74) is 0.833. The maximum Gasteiger partial charge on any atom is 0.318 e. The summed E-state index contributed by atoms with van der Waals surface area (Å²) in [6, 6.07) is 4.68. The van der Waals surface area contributed by atoms with Crippen molar-refractivity contribution in [2.45, 2.75) is 31.8 Å². The van der Waals surface area contributed by atoms with Crippen molar-refractivity contribution in [2.75, 3.05) is 27.8 Å². The van der Waals surface area contributed by atoms with Crippen LogP contribution in [0.3, 0.4) is 0 Å². The monoisotopic (exact) mass is 335 g/mol. The lowest BCUT2D eigenvalue weighted by Crippen LogP contribution is -2.49. The number of nitrogens with zero attached hydrogens (tertiary/aromatic N) is 1. The van der Waals surface area contributed by atoms with Gasteiger partial charge < -0.3 is 25.0 Å². The number of carbonyl (C=O) groups is 2. The van der Waals surface area contributed by atoms with Gasteiger partial charge >= 0.3 is 6.03 Å². The Morgan fingerprint density at radius 1 is 1.33 bits per heavy atom. The zero-order valence-corrected chi connectivity index (χ0v) is 14.4. The molecular formula is C17H25N3O4. The van der Waals surface area contributed by atoms with Crippen molar-refractivity contribution < 1.29 is 19.1 Å². The average molecular weight is 335 g/mol. The summed E-state index contributed by atoms with van der Waals surface area (Å²) in [5, 5.41) is 5.61. The zero-order valence-electron chi connectivity index (χ0n) is 14.4. The second-order valence-electron chi connectivity index (χ2n) is 5.82. The average Bonchev–Trinajstić information content (AvgIpc) is 2.79. The Hall–Kier alpha value is -2.44. The number of carbonyl (C=O) groups excluding carboxylic acids is 2. The molecule has 0 aromatic heterocycles.